The first kappa shape index (κ1) is 14.9. The van der Waals surface area contributed by atoms with Crippen LogP contribution in [0.1, 0.15) is 10.4 Å². The summed E-state index contributed by atoms with van der Waals surface area (Å²) in [5.74, 6) is -0.694. The second-order valence-electron chi connectivity index (χ2n) is 3.72. The number of aromatic nitrogens is 2. The van der Waals surface area contributed by atoms with Crippen LogP contribution < -0.4 is 4.74 Å². The van der Waals surface area contributed by atoms with E-state index in [0.717, 1.165) is 6.07 Å². The standard InChI is InChI=1S/C12H8BrN3O5/c1-20-11(17)9-4-8(16(18)19)2-3-10(9)21-12-14-5-7(13)6-15-12/h2-6H,1H3. The van der Waals surface area contributed by atoms with Crippen LogP contribution in [0.25, 0.3) is 0 Å². The number of benzene rings is 1. The number of hydrogen-bond acceptors (Lipinski definition) is 7. The molecule has 0 aliphatic heterocycles. The number of nitro benzene ring substituents is 1. The van der Waals surface area contributed by atoms with Crippen molar-refractivity contribution < 1.29 is 19.2 Å². The lowest BCUT2D eigenvalue weighted by Crippen LogP contribution is -2.05. The largest absolute Gasteiger partial charge is 0.465 e. The molecule has 2 aromatic rings. The van der Waals surface area contributed by atoms with Crippen molar-refractivity contribution in [2.45, 2.75) is 0 Å². The van der Waals surface area contributed by atoms with E-state index in [1.54, 1.807) is 0 Å². The molecule has 0 aliphatic rings. The average Bonchev–Trinajstić information content (AvgIpc) is 2.49. The maximum atomic E-state index is 11.7. The van der Waals surface area contributed by atoms with Crippen LogP contribution >= 0.6 is 15.9 Å². The molecule has 21 heavy (non-hydrogen) atoms. The van der Waals surface area contributed by atoms with Gasteiger partial charge in [-0.2, -0.15) is 0 Å². The molecule has 0 unspecified atom stereocenters. The minimum atomic E-state index is -0.759. The molecule has 2 rings (SSSR count). The summed E-state index contributed by atoms with van der Waals surface area (Å²) in [6.45, 7) is 0. The van der Waals surface area contributed by atoms with Crippen LogP contribution in [0.5, 0.6) is 11.8 Å². The van der Waals surface area contributed by atoms with Crippen LogP contribution in [0.3, 0.4) is 0 Å². The molecule has 0 fully saturated rings. The summed E-state index contributed by atoms with van der Waals surface area (Å²) in [6.07, 6.45) is 2.93. The summed E-state index contributed by atoms with van der Waals surface area (Å²) in [6, 6.07) is 3.56. The number of non-ortho nitro benzene ring substituents is 1. The maximum Gasteiger partial charge on any atom is 0.341 e. The molecule has 8 nitrogen and oxygen atoms in total. The summed E-state index contributed by atoms with van der Waals surface area (Å²) in [5, 5.41) is 10.8. The molecule has 0 bridgehead atoms. The maximum absolute atomic E-state index is 11.7. The van der Waals surface area contributed by atoms with Crippen LogP contribution in [-0.4, -0.2) is 28.0 Å². The number of nitro groups is 1. The topological polar surface area (TPSA) is 104 Å². The normalized spacial score (nSPS) is 10.0. The number of methoxy groups -OCH3 is 1. The van der Waals surface area contributed by atoms with E-state index >= 15 is 0 Å². The predicted octanol–water partition coefficient (Wildman–Crippen LogP) is 2.73. The quantitative estimate of drug-likeness (QED) is 0.472. The van der Waals surface area contributed by atoms with Crippen LogP contribution in [0.4, 0.5) is 5.69 Å². The van der Waals surface area contributed by atoms with E-state index in [2.05, 4.69) is 30.6 Å². The molecule has 0 atom stereocenters. The van der Waals surface area contributed by atoms with Crippen LogP contribution in [0.15, 0.2) is 35.1 Å². The number of halogens is 1. The van der Waals surface area contributed by atoms with E-state index < -0.39 is 10.9 Å². The van der Waals surface area contributed by atoms with Gasteiger partial charge in [0.25, 0.3) is 5.69 Å². The van der Waals surface area contributed by atoms with Gasteiger partial charge in [0, 0.05) is 24.5 Å². The third-order valence-corrected chi connectivity index (χ3v) is 2.79. The van der Waals surface area contributed by atoms with Gasteiger partial charge in [0.15, 0.2) is 0 Å². The highest BCUT2D eigenvalue weighted by molar-refractivity contribution is 9.10. The van der Waals surface area contributed by atoms with Crippen molar-refractivity contribution in [3.8, 4) is 11.8 Å². The van der Waals surface area contributed by atoms with Gasteiger partial charge >= 0.3 is 12.0 Å². The molecule has 0 spiro atoms. The summed E-state index contributed by atoms with van der Waals surface area (Å²) in [4.78, 5) is 29.6. The summed E-state index contributed by atoms with van der Waals surface area (Å²) in [7, 11) is 1.17. The Morgan fingerprint density at radius 1 is 1.33 bits per heavy atom. The number of ether oxygens (including phenoxy) is 2. The second-order valence-corrected chi connectivity index (χ2v) is 4.63. The van der Waals surface area contributed by atoms with Gasteiger partial charge in [0.1, 0.15) is 11.3 Å². The Hall–Kier alpha value is -2.55. The van der Waals surface area contributed by atoms with Gasteiger partial charge in [-0.3, -0.25) is 10.1 Å². The summed E-state index contributed by atoms with van der Waals surface area (Å²) in [5.41, 5.74) is -0.335. The van der Waals surface area contributed by atoms with Gasteiger partial charge < -0.3 is 9.47 Å². The molecular formula is C12H8BrN3O5. The van der Waals surface area contributed by atoms with E-state index in [4.69, 9.17) is 4.74 Å². The molecule has 0 amide bonds. The fraction of sp³-hybridized carbons (Fsp3) is 0.0833. The van der Waals surface area contributed by atoms with Gasteiger partial charge in [-0.25, -0.2) is 14.8 Å². The number of nitrogens with zero attached hydrogens (tertiary/aromatic N) is 3. The first-order valence-electron chi connectivity index (χ1n) is 5.53. The third kappa shape index (κ3) is 3.51. The summed E-state index contributed by atoms with van der Waals surface area (Å²) >= 11 is 3.18. The molecule has 0 aliphatic carbocycles. The number of esters is 1. The Kier molecular flexibility index (Phi) is 4.43. The van der Waals surface area contributed by atoms with Gasteiger partial charge in [-0.15, -0.1) is 0 Å². The van der Waals surface area contributed by atoms with Crippen molar-refractivity contribution >= 4 is 27.6 Å². The van der Waals surface area contributed by atoms with E-state index in [9.17, 15) is 14.9 Å². The number of carbonyl (C=O) groups is 1. The van der Waals surface area contributed by atoms with Crippen molar-refractivity contribution in [3.05, 3.63) is 50.7 Å². The molecular weight excluding hydrogens is 346 g/mol. The first-order valence-corrected chi connectivity index (χ1v) is 6.32. The average molecular weight is 354 g/mol. The van der Waals surface area contributed by atoms with Crippen molar-refractivity contribution in [3.63, 3.8) is 0 Å². The highest BCUT2D eigenvalue weighted by Gasteiger charge is 2.19. The van der Waals surface area contributed by atoms with E-state index in [0.29, 0.717) is 4.47 Å². The molecule has 1 heterocycles. The Morgan fingerprint density at radius 3 is 2.57 bits per heavy atom. The van der Waals surface area contributed by atoms with Crippen LogP contribution in [0, 0.1) is 10.1 Å². The van der Waals surface area contributed by atoms with Crippen molar-refractivity contribution in [2.24, 2.45) is 0 Å². The first-order chi connectivity index (χ1) is 10.0. The second kappa shape index (κ2) is 6.27. The monoisotopic (exact) mass is 353 g/mol. The van der Waals surface area contributed by atoms with Crippen LogP contribution in [-0.2, 0) is 4.74 Å². The fourth-order valence-corrected chi connectivity index (χ4v) is 1.65. The van der Waals surface area contributed by atoms with E-state index in [1.807, 2.05) is 0 Å². The zero-order valence-corrected chi connectivity index (χ0v) is 12.2. The molecule has 0 saturated heterocycles. The van der Waals surface area contributed by atoms with E-state index in [-0.39, 0.29) is 23.0 Å². The molecule has 1 aromatic carbocycles. The highest BCUT2D eigenvalue weighted by atomic mass is 79.9. The molecule has 0 N–H and O–H groups in total. The zero-order valence-electron chi connectivity index (χ0n) is 10.6. The molecule has 9 heteroatoms. The van der Waals surface area contributed by atoms with Gasteiger partial charge in [0.05, 0.1) is 16.5 Å². The Balaban J connectivity index is 2.40. The van der Waals surface area contributed by atoms with Crippen molar-refractivity contribution in [1.82, 2.24) is 9.97 Å². The number of carbonyl (C=O) groups excluding carboxylic acids is 1. The summed E-state index contributed by atoms with van der Waals surface area (Å²) < 4.78 is 10.6. The lowest BCUT2D eigenvalue weighted by atomic mass is 10.2. The van der Waals surface area contributed by atoms with Gasteiger partial charge in [-0.1, -0.05) is 0 Å². The molecule has 1 aromatic heterocycles. The predicted molar refractivity (Wildman–Crippen MR) is 74.2 cm³/mol. The van der Waals surface area contributed by atoms with Crippen molar-refractivity contribution in [1.29, 1.82) is 0 Å². The van der Waals surface area contributed by atoms with Crippen LogP contribution in [0.2, 0.25) is 0 Å². The van der Waals surface area contributed by atoms with Gasteiger partial charge in [0.2, 0.25) is 0 Å². The Morgan fingerprint density at radius 2 is 2.00 bits per heavy atom. The number of hydrogen-bond donors (Lipinski definition) is 0. The lowest BCUT2D eigenvalue weighted by molar-refractivity contribution is -0.384. The fourth-order valence-electron chi connectivity index (χ4n) is 1.44. The third-order valence-electron chi connectivity index (χ3n) is 2.38. The van der Waals surface area contributed by atoms with Crippen molar-refractivity contribution in [2.75, 3.05) is 7.11 Å². The molecule has 0 radical (unpaired) electrons. The zero-order chi connectivity index (χ0) is 15.4. The molecule has 0 saturated carbocycles. The molecule has 108 valence electrons. The Bertz CT molecular complexity index is 690. The lowest BCUT2D eigenvalue weighted by Gasteiger charge is -2.08. The minimum Gasteiger partial charge on any atom is -0.465 e. The number of rotatable bonds is 4. The van der Waals surface area contributed by atoms with E-state index in [1.165, 1.54) is 31.6 Å². The Labute approximate surface area is 127 Å². The highest BCUT2D eigenvalue weighted by Crippen LogP contribution is 2.28. The van der Waals surface area contributed by atoms with Gasteiger partial charge in [-0.05, 0) is 22.0 Å². The SMILES string of the molecule is COC(=O)c1cc([N+](=O)[O-])ccc1Oc1ncc(Br)cn1. The minimum absolute atomic E-state index is 0.00259. The smallest absolute Gasteiger partial charge is 0.341 e.